The van der Waals surface area contributed by atoms with Gasteiger partial charge in [0.15, 0.2) is 0 Å². The highest BCUT2D eigenvalue weighted by Gasteiger charge is 2.11. The van der Waals surface area contributed by atoms with Crippen molar-refractivity contribution in [1.29, 1.82) is 0 Å². The molecule has 0 aromatic heterocycles. The van der Waals surface area contributed by atoms with Crippen molar-refractivity contribution < 1.29 is 8.78 Å². The Kier molecular flexibility index (Phi) is 4.54. The predicted octanol–water partition coefficient (Wildman–Crippen LogP) is 3.18. The number of rotatable bonds is 4. The Morgan fingerprint density at radius 2 is 2.00 bits per heavy atom. The standard InChI is InChI=1S/C11H15F2NS/c1-7(14)5-8(2)15-11-6-9(12)3-4-10(11)13/h3-4,6-8H,5,14H2,1-2H3. The number of benzene rings is 1. The van der Waals surface area contributed by atoms with Crippen molar-refractivity contribution in [2.75, 3.05) is 0 Å². The van der Waals surface area contributed by atoms with Crippen LogP contribution in [0.4, 0.5) is 8.78 Å². The van der Waals surface area contributed by atoms with Crippen molar-refractivity contribution in [2.45, 2.75) is 36.5 Å². The van der Waals surface area contributed by atoms with Crippen LogP contribution >= 0.6 is 11.8 Å². The Bertz CT molecular complexity index is 328. The summed E-state index contributed by atoms with van der Waals surface area (Å²) in [5.74, 6) is -0.787. The van der Waals surface area contributed by atoms with Crippen LogP contribution in [-0.2, 0) is 0 Å². The smallest absolute Gasteiger partial charge is 0.136 e. The summed E-state index contributed by atoms with van der Waals surface area (Å²) < 4.78 is 26.1. The molecule has 2 atom stereocenters. The van der Waals surface area contributed by atoms with Crippen LogP contribution in [0, 0.1) is 11.6 Å². The van der Waals surface area contributed by atoms with Gasteiger partial charge in [-0.1, -0.05) is 6.92 Å². The van der Waals surface area contributed by atoms with E-state index in [2.05, 4.69) is 0 Å². The molecule has 1 aromatic carbocycles. The summed E-state index contributed by atoms with van der Waals surface area (Å²) in [4.78, 5) is 0.350. The molecule has 0 aliphatic carbocycles. The van der Waals surface area contributed by atoms with Crippen LogP contribution in [0.1, 0.15) is 20.3 Å². The van der Waals surface area contributed by atoms with Gasteiger partial charge in [-0.05, 0) is 31.5 Å². The van der Waals surface area contributed by atoms with E-state index in [4.69, 9.17) is 5.73 Å². The van der Waals surface area contributed by atoms with Crippen LogP contribution < -0.4 is 5.73 Å². The van der Waals surface area contributed by atoms with Gasteiger partial charge in [0.2, 0.25) is 0 Å². The maximum absolute atomic E-state index is 13.2. The van der Waals surface area contributed by atoms with Gasteiger partial charge < -0.3 is 5.73 Å². The van der Waals surface area contributed by atoms with Gasteiger partial charge in [-0.25, -0.2) is 8.78 Å². The minimum Gasteiger partial charge on any atom is -0.328 e. The molecule has 0 heterocycles. The lowest BCUT2D eigenvalue weighted by Gasteiger charge is -2.13. The zero-order valence-electron chi connectivity index (χ0n) is 8.84. The fourth-order valence-corrected chi connectivity index (χ4v) is 2.55. The van der Waals surface area contributed by atoms with E-state index in [0.29, 0.717) is 4.90 Å². The zero-order valence-corrected chi connectivity index (χ0v) is 9.65. The fraction of sp³-hybridized carbons (Fsp3) is 0.455. The zero-order chi connectivity index (χ0) is 11.4. The second-order valence-electron chi connectivity index (χ2n) is 3.72. The number of hydrogen-bond acceptors (Lipinski definition) is 2. The van der Waals surface area contributed by atoms with Crippen molar-refractivity contribution >= 4 is 11.8 Å². The first-order valence-corrected chi connectivity index (χ1v) is 5.74. The summed E-state index contributed by atoms with van der Waals surface area (Å²) in [5, 5.41) is 0.182. The van der Waals surface area contributed by atoms with Gasteiger partial charge >= 0.3 is 0 Å². The Hall–Kier alpha value is -0.610. The third-order valence-corrected chi connectivity index (χ3v) is 3.09. The van der Waals surface area contributed by atoms with Crippen molar-refractivity contribution in [3.8, 4) is 0 Å². The largest absolute Gasteiger partial charge is 0.328 e. The molecule has 2 N–H and O–H groups in total. The van der Waals surface area contributed by atoms with Crippen LogP contribution in [0.25, 0.3) is 0 Å². The molecule has 0 radical (unpaired) electrons. The van der Waals surface area contributed by atoms with E-state index in [1.54, 1.807) is 0 Å². The summed E-state index contributed by atoms with van der Waals surface area (Å²) in [5.41, 5.74) is 5.63. The Morgan fingerprint density at radius 3 is 2.60 bits per heavy atom. The van der Waals surface area contributed by atoms with Gasteiger partial charge in [0.1, 0.15) is 11.6 Å². The molecule has 0 bridgehead atoms. The molecule has 0 amide bonds. The first-order valence-electron chi connectivity index (χ1n) is 4.86. The summed E-state index contributed by atoms with van der Waals surface area (Å²) in [6, 6.07) is 3.56. The molecule has 15 heavy (non-hydrogen) atoms. The maximum Gasteiger partial charge on any atom is 0.136 e. The van der Waals surface area contributed by atoms with Crippen molar-refractivity contribution in [1.82, 2.24) is 0 Å². The fourth-order valence-electron chi connectivity index (χ4n) is 1.36. The first-order chi connectivity index (χ1) is 6.99. The van der Waals surface area contributed by atoms with Gasteiger partial charge in [-0.3, -0.25) is 0 Å². The van der Waals surface area contributed by atoms with Crippen LogP contribution in [-0.4, -0.2) is 11.3 Å². The van der Waals surface area contributed by atoms with Gasteiger partial charge in [-0.2, -0.15) is 0 Å². The third-order valence-electron chi connectivity index (χ3n) is 1.93. The van der Waals surface area contributed by atoms with E-state index in [0.717, 1.165) is 18.6 Å². The van der Waals surface area contributed by atoms with Gasteiger partial charge in [0.05, 0.1) is 0 Å². The van der Waals surface area contributed by atoms with Crippen LogP contribution in [0.3, 0.4) is 0 Å². The molecule has 84 valence electrons. The van der Waals surface area contributed by atoms with Crippen molar-refractivity contribution in [2.24, 2.45) is 5.73 Å². The van der Waals surface area contributed by atoms with E-state index in [-0.39, 0.29) is 17.1 Å². The molecule has 0 aliphatic heterocycles. The summed E-state index contributed by atoms with van der Waals surface area (Å²) in [6.45, 7) is 3.86. The lowest BCUT2D eigenvalue weighted by molar-refractivity contribution is 0.576. The Labute approximate surface area is 93.1 Å². The molecule has 2 unspecified atom stereocenters. The first kappa shape index (κ1) is 12.5. The SMILES string of the molecule is CC(N)CC(C)Sc1cc(F)ccc1F. The van der Waals surface area contributed by atoms with Crippen LogP contribution in [0.15, 0.2) is 23.1 Å². The highest BCUT2D eigenvalue weighted by Crippen LogP contribution is 2.28. The minimum atomic E-state index is -0.410. The highest BCUT2D eigenvalue weighted by atomic mass is 32.2. The van der Waals surface area contributed by atoms with Crippen molar-refractivity contribution in [3.05, 3.63) is 29.8 Å². The second-order valence-corrected chi connectivity index (χ2v) is 5.20. The molecule has 4 heteroatoms. The molecule has 0 saturated heterocycles. The average Bonchev–Trinajstić information content (AvgIpc) is 2.10. The van der Waals surface area contributed by atoms with E-state index in [1.807, 2.05) is 13.8 Å². The van der Waals surface area contributed by atoms with Crippen LogP contribution in [0.2, 0.25) is 0 Å². The number of nitrogens with two attached hydrogens (primary N) is 1. The topological polar surface area (TPSA) is 26.0 Å². The summed E-state index contributed by atoms with van der Waals surface area (Å²) in [7, 11) is 0. The maximum atomic E-state index is 13.2. The van der Waals surface area contributed by atoms with Crippen LogP contribution in [0.5, 0.6) is 0 Å². The Morgan fingerprint density at radius 1 is 1.33 bits per heavy atom. The van der Waals surface area contributed by atoms with Crippen molar-refractivity contribution in [3.63, 3.8) is 0 Å². The lowest BCUT2D eigenvalue weighted by Crippen LogP contribution is -2.19. The monoisotopic (exact) mass is 231 g/mol. The number of hydrogen-bond donors (Lipinski definition) is 1. The van der Waals surface area contributed by atoms with E-state index >= 15 is 0 Å². The van der Waals surface area contributed by atoms with Gasteiger partial charge in [0.25, 0.3) is 0 Å². The molecular weight excluding hydrogens is 216 g/mol. The Balaban J connectivity index is 2.67. The normalized spacial score (nSPS) is 15.0. The quantitative estimate of drug-likeness (QED) is 0.805. The summed E-state index contributed by atoms with van der Waals surface area (Å²) in [6.07, 6.45) is 0.778. The molecular formula is C11H15F2NS. The molecule has 0 aliphatic rings. The van der Waals surface area contributed by atoms with E-state index in [9.17, 15) is 8.78 Å². The lowest BCUT2D eigenvalue weighted by atomic mass is 10.2. The van der Waals surface area contributed by atoms with Gasteiger partial charge in [0, 0.05) is 16.2 Å². The molecule has 0 spiro atoms. The molecule has 1 aromatic rings. The van der Waals surface area contributed by atoms with Gasteiger partial charge in [-0.15, -0.1) is 11.8 Å². The summed E-state index contributed by atoms with van der Waals surface area (Å²) >= 11 is 1.32. The molecule has 1 nitrogen and oxygen atoms in total. The number of halogens is 2. The van der Waals surface area contributed by atoms with E-state index in [1.165, 1.54) is 17.8 Å². The molecule has 0 fully saturated rings. The molecule has 1 rings (SSSR count). The van der Waals surface area contributed by atoms with E-state index < -0.39 is 5.82 Å². The highest BCUT2D eigenvalue weighted by molar-refractivity contribution is 8.00. The average molecular weight is 231 g/mol. The predicted molar refractivity (Wildman–Crippen MR) is 59.9 cm³/mol. The molecule has 0 saturated carbocycles. The third kappa shape index (κ3) is 4.18. The minimum absolute atomic E-state index is 0.0733. The number of thioether (sulfide) groups is 1. The second kappa shape index (κ2) is 5.47.